The van der Waals surface area contributed by atoms with Crippen molar-refractivity contribution in [2.75, 3.05) is 26.8 Å². The first kappa shape index (κ1) is 19.6. The summed E-state index contributed by atoms with van der Waals surface area (Å²) < 4.78 is 10.8. The fraction of sp³-hybridized carbons (Fsp3) is 0.588. The van der Waals surface area contributed by atoms with E-state index in [1.807, 2.05) is 24.3 Å². The molecule has 1 aliphatic rings. The fourth-order valence-electron chi connectivity index (χ4n) is 2.68. The largest absolute Gasteiger partial charge is 0.497 e. The van der Waals surface area contributed by atoms with E-state index in [-0.39, 0.29) is 24.2 Å². The summed E-state index contributed by atoms with van der Waals surface area (Å²) in [6.07, 6.45) is 2.64. The number of hydrogen-bond donors (Lipinski definition) is 2. The van der Waals surface area contributed by atoms with Gasteiger partial charge in [0.05, 0.1) is 13.7 Å². The van der Waals surface area contributed by atoms with Crippen molar-refractivity contribution in [2.24, 2.45) is 5.92 Å². The molecule has 1 fully saturated rings. The van der Waals surface area contributed by atoms with Gasteiger partial charge < -0.3 is 20.1 Å². The highest BCUT2D eigenvalue weighted by Gasteiger charge is 2.24. The molecule has 2 atom stereocenters. The van der Waals surface area contributed by atoms with Crippen LogP contribution in [0, 0.1) is 5.92 Å². The Morgan fingerprint density at radius 1 is 1.39 bits per heavy atom. The second-order valence-corrected chi connectivity index (χ2v) is 5.75. The highest BCUT2D eigenvalue weighted by molar-refractivity contribution is 5.85. The van der Waals surface area contributed by atoms with Gasteiger partial charge in [-0.2, -0.15) is 0 Å². The normalized spacial score (nSPS) is 20.3. The van der Waals surface area contributed by atoms with E-state index in [2.05, 4.69) is 17.6 Å². The summed E-state index contributed by atoms with van der Waals surface area (Å²) in [7, 11) is 1.64. The quantitative estimate of drug-likeness (QED) is 0.747. The molecule has 1 amide bonds. The van der Waals surface area contributed by atoms with E-state index in [0.29, 0.717) is 19.2 Å². The maximum atomic E-state index is 12.1. The van der Waals surface area contributed by atoms with E-state index in [1.165, 1.54) is 0 Å². The van der Waals surface area contributed by atoms with Crippen molar-refractivity contribution in [1.29, 1.82) is 0 Å². The van der Waals surface area contributed by atoms with Gasteiger partial charge in [-0.25, -0.2) is 0 Å². The summed E-state index contributed by atoms with van der Waals surface area (Å²) in [5.41, 5.74) is 0. The fourth-order valence-corrected chi connectivity index (χ4v) is 2.68. The monoisotopic (exact) mass is 342 g/mol. The van der Waals surface area contributed by atoms with E-state index < -0.39 is 0 Å². The molecule has 1 heterocycles. The van der Waals surface area contributed by atoms with Crippen molar-refractivity contribution in [1.82, 2.24) is 10.6 Å². The molecular formula is C17H27ClN2O3. The first-order chi connectivity index (χ1) is 10.7. The number of ether oxygens (including phenoxy) is 2. The van der Waals surface area contributed by atoms with Crippen LogP contribution in [0.5, 0.6) is 11.5 Å². The average Bonchev–Trinajstić information content (AvgIpc) is 2.54. The maximum Gasteiger partial charge on any atom is 0.223 e. The molecule has 1 aromatic rings. The second-order valence-electron chi connectivity index (χ2n) is 5.75. The molecule has 2 rings (SSSR count). The molecule has 0 aliphatic carbocycles. The molecule has 0 saturated carbocycles. The van der Waals surface area contributed by atoms with Gasteiger partial charge in [-0.1, -0.05) is 6.07 Å². The van der Waals surface area contributed by atoms with Crippen LogP contribution >= 0.6 is 12.4 Å². The van der Waals surface area contributed by atoms with E-state index in [4.69, 9.17) is 9.47 Å². The van der Waals surface area contributed by atoms with Crippen molar-refractivity contribution < 1.29 is 14.3 Å². The lowest BCUT2D eigenvalue weighted by atomic mass is 9.92. The summed E-state index contributed by atoms with van der Waals surface area (Å²) in [5.74, 6) is 1.90. The van der Waals surface area contributed by atoms with E-state index in [9.17, 15) is 4.79 Å². The Bertz CT molecular complexity index is 485. The van der Waals surface area contributed by atoms with Crippen LogP contribution in [-0.2, 0) is 4.79 Å². The molecule has 0 radical (unpaired) electrons. The molecule has 1 saturated heterocycles. The van der Waals surface area contributed by atoms with Gasteiger partial charge in [0, 0.05) is 24.6 Å². The van der Waals surface area contributed by atoms with Crippen LogP contribution in [0.1, 0.15) is 26.2 Å². The van der Waals surface area contributed by atoms with Crippen molar-refractivity contribution in [3.05, 3.63) is 24.3 Å². The van der Waals surface area contributed by atoms with Crippen LogP contribution in [0.2, 0.25) is 0 Å². The molecule has 0 unspecified atom stereocenters. The van der Waals surface area contributed by atoms with Gasteiger partial charge in [-0.15, -0.1) is 12.4 Å². The molecule has 0 aromatic heterocycles. The van der Waals surface area contributed by atoms with Crippen molar-refractivity contribution in [2.45, 2.75) is 32.2 Å². The Balaban J connectivity index is 0.00000264. The Hall–Kier alpha value is -1.46. The number of carbonyl (C=O) groups is 1. The molecule has 1 aromatic carbocycles. The minimum atomic E-state index is 0. The Labute approximate surface area is 144 Å². The van der Waals surface area contributed by atoms with Gasteiger partial charge in [0.15, 0.2) is 0 Å². The molecule has 5 nitrogen and oxygen atoms in total. The summed E-state index contributed by atoms with van der Waals surface area (Å²) >= 11 is 0. The molecule has 1 aliphatic heterocycles. The topological polar surface area (TPSA) is 59.6 Å². The predicted octanol–water partition coefficient (Wildman–Crippen LogP) is 2.39. The smallest absolute Gasteiger partial charge is 0.223 e. The van der Waals surface area contributed by atoms with Crippen LogP contribution in [0.25, 0.3) is 0 Å². The highest BCUT2D eigenvalue weighted by Crippen LogP contribution is 2.19. The summed E-state index contributed by atoms with van der Waals surface area (Å²) in [4.78, 5) is 12.1. The molecule has 130 valence electrons. The van der Waals surface area contributed by atoms with Crippen LogP contribution in [-0.4, -0.2) is 38.8 Å². The van der Waals surface area contributed by atoms with Crippen LogP contribution in [0.3, 0.4) is 0 Å². The van der Waals surface area contributed by atoms with Gasteiger partial charge in [-0.05, 0) is 44.9 Å². The van der Waals surface area contributed by atoms with Crippen molar-refractivity contribution >= 4 is 18.3 Å². The number of rotatable bonds is 7. The van der Waals surface area contributed by atoms with Gasteiger partial charge >= 0.3 is 0 Å². The SMILES string of the molecule is COc1cccc(OCCCNC(=O)[C@H]2CCN[C@@H](C)C2)c1.Cl. The molecule has 23 heavy (non-hydrogen) atoms. The van der Waals surface area contributed by atoms with Crippen LogP contribution in [0.4, 0.5) is 0 Å². The predicted molar refractivity (Wildman–Crippen MR) is 93.6 cm³/mol. The number of hydrogen-bond acceptors (Lipinski definition) is 4. The van der Waals surface area contributed by atoms with Gasteiger partial charge in [-0.3, -0.25) is 4.79 Å². The molecule has 0 bridgehead atoms. The lowest BCUT2D eigenvalue weighted by molar-refractivity contribution is -0.126. The van der Waals surface area contributed by atoms with E-state index in [0.717, 1.165) is 37.3 Å². The standard InChI is InChI=1S/C17H26N2O3.ClH/c1-13-11-14(7-9-18-13)17(20)19-8-4-10-22-16-6-3-5-15(12-16)21-2;/h3,5-6,12-14,18H,4,7-11H2,1-2H3,(H,19,20);1H/t13-,14-;/m0./s1. The number of nitrogens with one attached hydrogen (secondary N) is 2. The Morgan fingerprint density at radius 3 is 2.91 bits per heavy atom. The summed E-state index contributed by atoms with van der Waals surface area (Å²) in [5, 5.41) is 6.37. The first-order valence-electron chi connectivity index (χ1n) is 7.97. The number of piperidine rings is 1. The number of carbonyl (C=O) groups excluding carboxylic acids is 1. The summed E-state index contributed by atoms with van der Waals surface area (Å²) in [6.45, 7) is 4.29. The minimum absolute atomic E-state index is 0. The molecule has 0 spiro atoms. The highest BCUT2D eigenvalue weighted by atomic mass is 35.5. The van der Waals surface area contributed by atoms with Gasteiger partial charge in [0.1, 0.15) is 11.5 Å². The van der Waals surface area contributed by atoms with Crippen LogP contribution < -0.4 is 20.1 Å². The Kier molecular flexibility index (Phi) is 8.81. The first-order valence-corrected chi connectivity index (χ1v) is 7.97. The molecular weight excluding hydrogens is 316 g/mol. The maximum absolute atomic E-state index is 12.1. The number of benzene rings is 1. The zero-order chi connectivity index (χ0) is 15.8. The third kappa shape index (κ3) is 6.67. The zero-order valence-corrected chi connectivity index (χ0v) is 14.7. The van der Waals surface area contributed by atoms with Crippen molar-refractivity contribution in [3.63, 3.8) is 0 Å². The van der Waals surface area contributed by atoms with Gasteiger partial charge in [0.25, 0.3) is 0 Å². The molecule has 6 heteroatoms. The Morgan fingerprint density at radius 2 is 2.17 bits per heavy atom. The third-order valence-electron chi connectivity index (χ3n) is 3.92. The average molecular weight is 343 g/mol. The van der Waals surface area contributed by atoms with Crippen LogP contribution in [0.15, 0.2) is 24.3 Å². The van der Waals surface area contributed by atoms with E-state index >= 15 is 0 Å². The lowest BCUT2D eigenvalue weighted by Gasteiger charge is -2.27. The lowest BCUT2D eigenvalue weighted by Crippen LogP contribution is -2.42. The minimum Gasteiger partial charge on any atom is -0.497 e. The number of amides is 1. The third-order valence-corrected chi connectivity index (χ3v) is 3.92. The van der Waals surface area contributed by atoms with E-state index in [1.54, 1.807) is 7.11 Å². The number of methoxy groups -OCH3 is 1. The van der Waals surface area contributed by atoms with Gasteiger partial charge in [0.2, 0.25) is 5.91 Å². The van der Waals surface area contributed by atoms with Crippen molar-refractivity contribution in [3.8, 4) is 11.5 Å². The zero-order valence-electron chi connectivity index (χ0n) is 13.8. The summed E-state index contributed by atoms with van der Waals surface area (Å²) in [6, 6.07) is 7.97. The second kappa shape index (κ2) is 10.3. The molecule has 2 N–H and O–H groups in total. The number of halogens is 1.